The second-order valence-corrected chi connectivity index (χ2v) is 13.3. The molecule has 262 valence electrons. The van der Waals surface area contributed by atoms with Crippen molar-refractivity contribution < 1.29 is 37.0 Å². The first kappa shape index (κ1) is 35.7. The van der Waals surface area contributed by atoms with Crippen molar-refractivity contribution in [2.24, 2.45) is 5.92 Å². The molecule has 2 fully saturated rings. The molecule has 3 heterocycles. The van der Waals surface area contributed by atoms with Crippen LogP contribution in [-0.2, 0) is 27.0 Å². The minimum atomic E-state index is -4.55. The van der Waals surface area contributed by atoms with Gasteiger partial charge in [0.15, 0.2) is 0 Å². The highest BCUT2D eigenvalue weighted by Gasteiger charge is 2.32. The second-order valence-electron chi connectivity index (χ2n) is 13.3. The maximum atomic E-state index is 13.6. The molecule has 5 rings (SSSR count). The highest BCUT2D eigenvalue weighted by molar-refractivity contribution is 5.93. The largest absolute Gasteiger partial charge is 0.444 e. The first-order valence-electron chi connectivity index (χ1n) is 16.3. The average Bonchev–Trinajstić information content (AvgIpc) is 3.61. The van der Waals surface area contributed by atoms with Crippen LogP contribution in [0.25, 0.3) is 11.1 Å². The van der Waals surface area contributed by atoms with Gasteiger partial charge >= 0.3 is 12.3 Å². The molecule has 1 unspecified atom stereocenters. The lowest BCUT2D eigenvalue weighted by Crippen LogP contribution is -2.50. The summed E-state index contributed by atoms with van der Waals surface area (Å²) in [7, 11) is 0. The van der Waals surface area contributed by atoms with Crippen LogP contribution in [0.1, 0.15) is 67.3 Å². The lowest BCUT2D eigenvalue weighted by molar-refractivity contribution is -0.137. The number of rotatable bonds is 8. The smallest absolute Gasteiger partial charge is 0.416 e. The number of hydrogen-bond acceptors (Lipinski definition) is 7. The molecule has 2 saturated heterocycles. The van der Waals surface area contributed by atoms with E-state index in [2.05, 4.69) is 20.5 Å². The van der Waals surface area contributed by atoms with Crippen molar-refractivity contribution in [2.75, 3.05) is 44.3 Å². The van der Waals surface area contributed by atoms with Crippen molar-refractivity contribution in [1.29, 1.82) is 0 Å². The third-order valence-corrected chi connectivity index (χ3v) is 8.54. The Hall–Kier alpha value is -4.65. The molecule has 2 aliphatic heterocycles. The van der Waals surface area contributed by atoms with Gasteiger partial charge in [0, 0.05) is 51.2 Å². The summed E-state index contributed by atoms with van der Waals surface area (Å²) < 4.78 is 51.5. The number of nitrogens with zero attached hydrogens (tertiary/aromatic N) is 3. The molecule has 2 atom stereocenters. The van der Waals surface area contributed by atoms with Crippen molar-refractivity contribution in [3.05, 3.63) is 83.2 Å². The summed E-state index contributed by atoms with van der Waals surface area (Å²) in [5.74, 6) is -0.298. The Morgan fingerprint density at radius 2 is 1.71 bits per heavy atom. The van der Waals surface area contributed by atoms with Gasteiger partial charge in [-0.05, 0) is 80.6 Å². The highest BCUT2D eigenvalue weighted by atomic mass is 19.4. The monoisotopic (exact) mass is 681 g/mol. The lowest BCUT2D eigenvalue weighted by atomic mass is 9.95. The Morgan fingerprint density at radius 1 is 1.00 bits per heavy atom. The normalized spacial score (nSPS) is 17.4. The topological polar surface area (TPSA) is 113 Å². The SMILES string of the molecule is C[C@@H](NC(=O)c1cc(N2CCN(C(=O)C3CCOC3)CC2)ccn1)c1ccc(-c2cc(C(F)(F)F)ccc2CNC(=O)OC(C)(C)C)cc1. The number of alkyl halides is 3. The summed E-state index contributed by atoms with van der Waals surface area (Å²) in [5.41, 5.74) is 1.60. The minimum absolute atomic E-state index is 0.0354. The Bertz CT molecular complexity index is 1640. The van der Waals surface area contributed by atoms with E-state index in [-0.39, 0.29) is 30.0 Å². The van der Waals surface area contributed by atoms with Crippen LogP contribution < -0.4 is 15.5 Å². The molecule has 2 aliphatic rings. The van der Waals surface area contributed by atoms with E-state index in [0.29, 0.717) is 56.1 Å². The van der Waals surface area contributed by atoms with Gasteiger partial charge in [-0.25, -0.2) is 4.79 Å². The molecular formula is C36H42F3N5O5. The molecular weight excluding hydrogens is 639 g/mol. The van der Waals surface area contributed by atoms with E-state index in [4.69, 9.17) is 9.47 Å². The van der Waals surface area contributed by atoms with Gasteiger partial charge in [-0.15, -0.1) is 0 Å². The maximum absolute atomic E-state index is 13.6. The average molecular weight is 682 g/mol. The Morgan fingerprint density at radius 3 is 2.35 bits per heavy atom. The standard InChI is InChI=1S/C36H42F3N5O5/c1-23(42-32(45)31-20-29(11-13-40-31)43-14-16-44(17-15-43)33(46)27-12-18-48-22-27)24-5-7-25(8-6-24)30-19-28(36(37,38)39)10-9-26(30)21-41-34(47)49-35(2,3)4/h5-11,13,19-20,23,27H,12,14-18,21-22H2,1-4H3,(H,41,47)(H,42,45)/t23-,27?/m1/s1. The van der Waals surface area contributed by atoms with Crippen LogP contribution in [0.5, 0.6) is 0 Å². The number of hydrogen-bond donors (Lipinski definition) is 2. The van der Waals surface area contributed by atoms with Gasteiger partial charge in [0.1, 0.15) is 11.3 Å². The number of piperazine rings is 1. The number of anilines is 1. The highest BCUT2D eigenvalue weighted by Crippen LogP contribution is 2.35. The fourth-order valence-corrected chi connectivity index (χ4v) is 5.88. The zero-order valence-electron chi connectivity index (χ0n) is 28.1. The number of benzene rings is 2. The van der Waals surface area contributed by atoms with E-state index in [1.165, 1.54) is 6.07 Å². The lowest BCUT2D eigenvalue weighted by Gasteiger charge is -2.37. The van der Waals surface area contributed by atoms with Crippen LogP contribution in [0.15, 0.2) is 60.8 Å². The van der Waals surface area contributed by atoms with Crippen LogP contribution in [0.3, 0.4) is 0 Å². The summed E-state index contributed by atoms with van der Waals surface area (Å²) in [6.45, 7) is 10.5. The van der Waals surface area contributed by atoms with Gasteiger partial charge in [-0.2, -0.15) is 13.2 Å². The van der Waals surface area contributed by atoms with E-state index in [1.807, 2.05) is 17.9 Å². The van der Waals surface area contributed by atoms with Crippen LogP contribution in [0, 0.1) is 5.92 Å². The van der Waals surface area contributed by atoms with Crippen molar-refractivity contribution in [2.45, 2.75) is 58.5 Å². The molecule has 3 aromatic rings. The molecule has 3 amide bonds. The molecule has 2 N–H and O–H groups in total. The second kappa shape index (κ2) is 14.9. The number of pyridine rings is 1. The van der Waals surface area contributed by atoms with Gasteiger partial charge in [-0.3, -0.25) is 14.6 Å². The van der Waals surface area contributed by atoms with Gasteiger partial charge < -0.3 is 29.9 Å². The molecule has 2 aromatic carbocycles. The number of ether oxygens (including phenoxy) is 2. The molecule has 0 bridgehead atoms. The molecule has 13 heteroatoms. The quantitative estimate of drug-likeness (QED) is 0.302. The third kappa shape index (κ3) is 9.28. The Kier molecular flexibility index (Phi) is 10.8. The van der Waals surface area contributed by atoms with Crippen molar-refractivity contribution >= 4 is 23.6 Å². The molecule has 49 heavy (non-hydrogen) atoms. The number of alkyl carbamates (subject to hydrolysis) is 1. The van der Waals surface area contributed by atoms with E-state index in [0.717, 1.165) is 29.8 Å². The van der Waals surface area contributed by atoms with Crippen LogP contribution in [-0.4, -0.2) is 72.8 Å². The zero-order valence-corrected chi connectivity index (χ0v) is 28.1. The number of halogens is 3. The van der Waals surface area contributed by atoms with Crippen LogP contribution >= 0.6 is 0 Å². The Balaban J connectivity index is 1.23. The summed E-state index contributed by atoms with van der Waals surface area (Å²) in [6.07, 6.45) is -2.88. The first-order valence-corrected chi connectivity index (χ1v) is 16.3. The van der Waals surface area contributed by atoms with Crippen molar-refractivity contribution in [3.8, 4) is 11.1 Å². The molecule has 0 aliphatic carbocycles. The van der Waals surface area contributed by atoms with Gasteiger partial charge in [0.05, 0.1) is 24.1 Å². The van der Waals surface area contributed by atoms with Crippen LogP contribution in [0.2, 0.25) is 0 Å². The van der Waals surface area contributed by atoms with Gasteiger partial charge in [-0.1, -0.05) is 30.3 Å². The van der Waals surface area contributed by atoms with E-state index >= 15 is 0 Å². The van der Waals surface area contributed by atoms with Crippen molar-refractivity contribution in [1.82, 2.24) is 20.5 Å². The summed E-state index contributed by atoms with van der Waals surface area (Å²) in [6, 6.07) is 13.4. The molecule has 0 spiro atoms. The zero-order chi connectivity index (χ0) is 35.3. The van der Waals surface area contributed by atoms with Gasteiger partial charge in [0.2, 0.25) is 5.91 Å². The molecule has 1 aromatic heterocycles. The molecule has 10 nitrogen and oxygen atoms in total. The summed E-state index contributed by atoms with van der Waals surface area (Å²) >= 11 is 0. The minimum Gasteiger partial charge on any atom is -0.444 e. The molecule has 0 saturated carbocycles. The predicted octanol–water partition coefficient (Wildman–Crippen LogP) is 5.97. The Labute approximate surface area is 284 Å². The van der Waals surface area contributed by atoms with Crippen LogP contribution in [0.4, 0.5) is 23.7 Å². The maximum Gasteiger partial charge on any atom is 0.416 e. The third-order valence-electron chi connectivity index (χ3n) is 8.54. The summed E-state index contributed by atoms with van der Waals surface area (Å²) in [5, 5.41) is 5.57. The van der Waals surface area contributed by atoms with Crippen molar-refractivity contribution in [3.63, 3.8) is 0 Å². The van der Waals surface area contributed by atoms with E-state index in [1.54, 1.807) is 57.3 Å². The fourth-order valence-electron chi connectivity index (χ4n) is 5.88. The molecule has 0 radical (unpaired) electrons. The number of aromatic nitrogens is 1. The first-order chi connectivity index (χ1) is 23.2. The number of carbonyl (C=O) groups excluding carboxylic acids is 3. The van der Waals surface area contributed by atoms with Gasteiger partial charge in [0.25, 0.3) is 5.91 Å². The number of carbonyl (C=O) groups is 3. The van der Waals surface area contributed by atoms with E-state index < -0.39 is 29.5 Å². The number of nitrogens with one attached hydrogen (secondary N) is 2. The fraction of sp³-hybridized carbons (Fsp3) is 0.444. The van der Waals surface area contributed by atoms with E-state index in [9.17, 15) is 27.6 Å². The summed E-state index contributed by atoms with van der Waals surface area (Å²) in [4.78, 5) is 46.5. The predicted molar refractivity (Wildman–Crippen MR) is 178 cm³/mol. The number of amides is 3.